The lowest BCUT2D eigenvalue weighted by molar-refractivity contribution is -0.120. The van der Waals surface area contributed by atoms with Gasteiger partial charge in [0.1, 0.15) is 0 Å². The number of rotatable bonds is 7. The first-order chi connectivity index (χ1) is 11.6. The first kappa shape index (κ1) is 17.5. The van der Waals surface area contributed by atoms with E-state index in [4.69, 9.17) is 11.5 Å². The summed E-state index contributed by atoms with van der Waals surface area (Å²) in [6, 6.07) is 14.0. The van der Waals surface area contributed by atoms with Crippen LogP contribution in [0.25, 0.3) is 0 Å². The van der Waals surface area contributed by atoms with E-state index in [-0.39, 0.29) is 24.7 Å². The molecule has 125 valence electrons. The van der Waals surface area contributed by atoms with Crippen molar-refractivity contribution in [3.63, 3.8) is 0 Å². The van der Waals surface area contributed by atoms with Gasteiger partial charge in [-0.1, -0.05) is 24.3 Å². The second kappa shape index (κ2) is 8.69. The van der Waals surface area contributed by atoms with Crippen molar-refractivity contribution in [2.24, 2.45) is 5.73 Å². The number of carbonyl (C=O) groups excluding carboxylic acids is 2. The molecule has 6 heteroatoms. The highest BCUT2D eigenvalue weighted by Crippen LogP contribution is 2.12. The van der Waals surface area contributed by atoms with Crippen molar-refractivity contribution in [1.82, 2.24) is 11.1 Å². The van der Waals surface area contributed by atoms with Crippen LogP contribution >= 0.6 is 0 Å². The lowest BCUT2D eigenvalue weighted by Crippen LogP contribution is -2.30. The molecule has 0 saturated carbocycles. The van der Waals surface area contributed by atoms with Crippen molar-refractivity contribution >= 4 is 23.2 Å². The maximum absolute atomic E-state index is 12.0. The summed E-state index contributed by atoms with van der Waals surface area (Å²) in [5.74, 6) is -0.198. The number of anilines is 1. The molecule has 0 spiro atoms. The van der Waals surface area contributed by atoms with Crippen molar-refractivity contribution in [2.45, 2.75) is 12.8 Å². The largest absolute Gasteiger partial charge is 0.355 e. The van der Waals surface area contributed by atoms with Gasteiger partial charge in [-0.2, -0.15) is 0 Å². The summed E-state index contributed by atoms with van der Waals surface area (Å²) >= 11 is 0. The van der Waals surface area contributed by atoms with Gasteiger partial charge in [-0.05, 0) is 35.4 Å². The molecule has 0 aliphatic heterocycles. The first-order valence-electron chi connectivity index (χ1n) is 7.73. The molecular formula is C18H21N4O2. The summed E-state index contributed by atoms with van der Waals surface area (Å²) in [6.07, 6.45) is 0.539. The van der Waals surface area contributed by atoms with Crippen LogP contribution in [-0.2, 0) is 22.4 Å². The van der Waals surface area contributed by atoms with Crippen LogP contribution in [0.4, 0.5) is 11.4 Å². The highest BCUT2D eigenvalue weighted by Gasteiger charge is 2.06. The predicted molar refractivity (Wildman–Crippen MR) is 93.7 cm³/mol. The van der Waals surface area contributed by atoms with E-state index in [0.29, 0.717) is 24.5 Å². The van der Waals surface area contributed by atoms with Gasteiger partial charge < -0.3 is 22.1 Å². The van der Waals surface area contributed by atoms with E-state index in [0.717, 1.165) is 11.1 Å². The Morgan fingerprint density at radius 1 is 0.875 bits per heavy atom. The molecule has 6 nitrogen and oxygen atoms in total. The standard InChI is InChI=1S/C18H21N4O2/c19-9-10-21-17(23)11-14-3-7-16(8-4-14)22-18(24)12-13-1-5-15(20)6-2-13/h1-8,20H,9-12,19H2,(H,21,23)(H,22,24). The fourth-order valence-corrected chi connectivity index (χ4v) is 2.18. The van der Waals surface area contributed by atoms with Crippen molar-refractivity contribution in [3.8, 4) is 0 Å². The minimum Gasteiger partial charge on any atom is -0.355 e. The molecule has 2 amide bonds. The van der Waals surface area contributed by atoms with Gasteiger partial charge in [0.25, 0.3) is 0 Å². The van der Waals surface area contributed by atoms with Crippen molar-refractivity contribution in [1.29, 1.82) is 0 Å². The Morgan fingerprint density at radius 2 is 1.42 bits per heavy atom. The quantitative estimate of drug-likeness (QED) is 0.716. The monoisotopic (exact) mass is 325 g/mol. The van der Waals surface area contributed by atoms with Crippen LogP contribution in [-0.4, -0.2) is 24.9 Å². The summed E-state index contributed by atoms with van der Waals surface area (Å²) < 4.78 is 0. The third-order valence-electron chi connectivity index (χ3n) is 3.39. The van der Waals surface area contributed by atoms with Gasteiger partial charge in [0.2, 0.25) is 11.8 Å². The van der Waals surface area contributed by atoms with Gasteiger partial charge in [-0.3, -0.25) is 9.59 Å². The van der Waals surface area contributed by atoms with Crippen LogP contribution in [0.15, 0.2) is 48.5 Å². The topological polar surface area (TPSA) is 108 Å². The van der Waals surface area contributed by atoms with Crippen molar-refractivity contribution < 1.29 is 9.59 Å². The van der Waals surface area contributed by atoms with Crippen LogP contribution in [0.2, 0.25) is 0 Å². The zero-order valence-electron chi connectivity index (χ0n) is 13.3. The Morgan fingerprint density at radius 3 is 2.00 bits per heavy atom. The SMILES string of the molecule is [NH]c1ccc(CC(=O)Nc2ccc(CC(=O)NCCN)cc2)cc1. The van der Waals surface area contributed by atoms with E-state index in [9.17, 15) is 9.59 Å². The molecule has 0 aromatic heterocycles. The third-order valence-corrected chi connectivity index (χ3v) is 3.39. The molecule has 0 saturated heterocycles. The van der Waals surface area contributed by atoms with Crippen LogP contribution in [0.1, 0.15) is 11.1 Å². The van der Waals surface area contributed by atoms with Gasteiger partial charge in [-0.15, -0.1) is 0 Å². The highest BCUT2D eigenvalue weighted by atomic mass is 16.2. The van der Waals surface area contributed by atoms with Gasteiger partial charge in [0, 0.05) is 18.8 Å². The van der Waals surface area contributed by atoms with E-state index < -0.39 is 0 Å². The van der Waals surface area contributed by atoms with E-state index >= 15 is 0 Å². The average Bonchev–Trinajstić information content (AvgIpc) is 2.57. The molecule has 2 aromatic rings. The Hall–Kier alpha value is -2.86. The lowest BCUT2D eigenvalue weighted by Gasteiger charge is -2.07. The fraction of sp³-hybridized carbons (Fsp3) is 0.222. The van der Waals surface area contributed by atoms with E-state index in [1.807, 2.05) is 12.1 Å². The molecule has 0 aliphatic rings. The molecule has 24 heavy (non-hydrogen) atoms. The minimum atomic E-state index is -0.124. The summed E-state index contributed by atoms with van der Waals surface area (Å²) in [6.45, 7) is 0.884. The molecule has 0 unspecified atom stereocenters. The van der Waals surface area contributed by atoms with Gasteiger partial charge in [-0.25, -0.2) is 0 Å². The molecule has 0 atom stereocenters. The van der Waals surface area contributed by atoms with E-state index in [2.05, 4.69) is 10.6 Å². The Bertz CT molecular complexity index is 681. The van der Waals surface area contributed by atoms with Crippen LogP contribution in [0, 0.1) is 0 Å². The van der Waals surface area contributed by atoms with E-state index in [1.165, 1.54) is 0 Å². The number of nitrogens with two attached hydrogens (primary N) is 1. The van der Waals surface area contributed by atoms with Crippen LogP contribution < -0.4 is 22.1 Å². The summed E-state index contributed by atoms with van der Waals surface area (Å²) in [4.78, 5) is 23.6. The number of hydrogen-bond acceptors (Lipinski definition) is 3. The van der Waals surface area contributed by atoms with Crippen molar-refractivity contribution in [2.75, 3.05) is 18.4 Å². The normalized spacial score (nSPS) is 10.2. The molecule has 0 fully saturated rings. The Balaban J connectivity index is 1.85. The lowest BCUT2D eigenvalue weighted by atomic mass is 10.1. The molecule has 5 N–H and O–H groups in total. The molecular weight excluding hydrogens is 304 g/mol. The maximum atomic E-state index is 12.0. The molecule has 0 bridgehead atoms. The number of hydrogen-bond donors (Lipinski definition) is 3. The first-order valence-corrected chi connectivity index (χ1v) is 7.73. The highest BCUT2D eigenvalue weighted by molar-refractivity contribution is 5.92. The van der Waals surface area contributed by atoms with Crippen molar-refractivity contribution in [3.05, 3.63) is 59.7 Å². The van der Waals surface area contributed by atoms with Crippen LogP contribution in [0.5, 0.6) is 0 Å². The van der Waals surface area contributed by atoms with E-state index in [1.54, 1.807) is 36.4 Å². The summed E-state index contributed by atoms with van der Waals surface area (Å²) in [7, 11) is 0. The zero-order chi connectivity index (χ0) is 17.4. The second-order valence-corrected chi connectivity index (χ2v) is 5.43. The maximum Gasteiger partial charge on any atom is 0.228 e. The molecule has 0 aliphatic carbocycles. The molecule has 0 heterocycles. The Kier molecular flexibility index (Phi) is 6.33. The number of benzene rings is 2. The number of carbonyl (C=O) groups is 2. The average molecular weight is 325 g/mol. The van der Waals surface area contributed by atoms with Gasteiger partial charge in [0.05, 0.1) is 18.5 Å². The summed E-state index contributed by atoms with van der Waals surface area (Å²) in [5, 5.41) is 5.53. The Labute approximate surface area is 141 Å². The van der Waals surface area contributed by atoms with Gasteiger partial charge in [0.15, 0.2) is 0 Å². The number of amides is 2. The van der Waals surface area contributed by atoms with Gasteiger partial charge >= 0.3 is 0 Å². The second-order valence-electron chi connectivity index (χ2n) is 5.43. The van der Waals surface area contributed by atoms with Crippen LogP contribution in [0.3, 0.4) is 0 Å². The fourth-order valence-electron chi connectivity index (χ4n) is 2.18. The zero-order valence-corrected chi connectivity index (χ0v) is 13.3. The third kappa shape index (κ3) is 5.73. The number of nitrogens with one attached hydrogen (secondary N) is 3. The summed E-state index contributed by atoms with van der Waals surface area (Å²) in [5.41, 5.74) is 15.6. The molecule has 2 rings (SSSR count). The smallest absolute Gasteiger partial charge is 0.228 e. The molecule has 2 aromatic carbocycles. The molecule has 1 radical (unpaired) electrons. The predicted octanol–water partition coefficient (Wildman–Crippen LogP) is 1.40. The minimum absolute atomic E-state index is 0.0740.